The minimum atomic E-state index is -3.78. The van der Waals surface area contributed by atoms with Gasteiger partial charge in [0, 0.05) is 12.6 Å². The summed E-state index contributed by atoms with van der Waals surface area (Å²) < 4.78 is 38.0. The van der Waals surface area contributed by atoms with Crippen LogP contribution in [0.25, 0.3) is 0 Å². The first-order chi connectivity index (χ1) is 13.5. The number of benzene rings is 2. The normalized spacial score (nSPS) is 12.6. The molecule has 0 amide bonds. The lowest BCUT2D eigenvalue weighted by Gasteiger charge is -2.10. The molecule has 0 atom stereocenters. The molecule has 0 fully saturated rings. The van der Waals surface area contributed by atoms with Crippen LogP contribution in [0.1, 0.15) is 11.1 Å². The van der Waals surface area contributed by atoms with E-state index in [0.29, 0.717) is 18.0 Å². The fourth-order valence-corrected chi connectivity index (χ4v) is 3.73. The van der Waals surface area contributed by atoms with Gasteiger partial charge in [-0.05, 0) is 36.8 Å². The number of anilines is 2. The third kappa shape index (κ3) is 4.01. The lowest BCUT2D eigenvalue weighted by molar-refractivity contribution is 0.174. The van der Waals surface area contributed by atoms with E-state index >= 15 is 0 Å². The Bertz CT molecular complexity index is 1080. The van der Waals surface area contributed by atoms with Gasteiger partial charge < -0.3 is 14.8 Å². The van der Waals surface area contributed by atoms with Crippen molar-refractivity contribution in [2.75, 3.05) is 16.8 Å². The Balaban J connectivity index is 1.41. The number of rotatable bonds is 6. The Morgan fingerprint density at radius 2 is 1.79 bits per heavy atom. The predicted molar refractivity (Wildman–Crippen MR) is 106 cm³/mol. The number of aromatic nitrogens is 1. The second kappa shape index (κ2) is 7.40. The van der Waals surface area contributed by atoms with E-state index in [9.17, 15) is 8.42 Å². The van der Waals surface area contributed by atoms with Crippen molar-refractivity contribution in [2.45, 2.75) is 18.4 Å². The van der Waals surface area contributed by atoms with Gasteiger partial charge in [-0.1, -0.05) is 29.8 Å². The summed E-state index contributed by atoms with van der Waals surface area (Å²) in [4.78, 5) is 4.26. The number of aryl methyl sites for hydroxylation is 1. The van der Waals surface area contributed by atoms with Crippen molar-refractivity contribution in [3.8, 4) is 11.5 Å². The Labute approximate surface area is 163 Å². The molecule has 7 nitrogen and oxygen atoms in total. The van der Waals surface area contributed by atoms with Crippen LogP contribution in [0.2, 0.25) is 0 Å². The second-order valence-corrected chi connectivity index (χ2v) is 8.07. The fourth-order valence-electron chi connectivity index (χ4n) is 2.71. The number of nitrogens with zero attached hydrogens (tertiary/aromatic N) is 1. The van der Waals surface area contributed by atoms with Crippen LogP contribution in [0.5, 0.6) is 11.5 Å². The zero-order valence-electron chi connectivity index (χ0n) is 15.2. The van der Waals surface area contributed by atoms with Crippen molar-refractivity contribution in [2.24, 2.45) is 0 Å². The molecule has 0 saturated carbocycles. The van der Waals surface area contributed by atoms with Crippen LogP contribution < -0.4 is 19.5 Å². The molecular formula is C20H19N3O4S. The average molecular weight is 397 g/mol. The molecule has 8 heteroatoms. The molecule has 0 radical (unpaired) electrons. The smallest absolute Gasteiger partial charge is 0.263 e. The SMILES string of the molecule is Cc1ccc(CNc2ccc(NS(=O)(=O)c3ccc4c(c3)OCO4)nc2)cc1. The number of hydrogen-bond acceptors (Lipinski definition) is 6. The molecule has 0 spiro atoms. The molecule has 0 saturated heterocycles. The van der Waals surface area contributed by atoms with E-state index in [4.69, 9.17) is 9.47 Å². The predicted octanol–water partition coefficient (Wildman–Crippen LogP) is 3.53. The molecule has 1 aliphatic rings. The molecule has 28 heavy (non-hydrogen) atoms. The number of ether oxygens (including phenoxy) is 2. The summed E-state index contributed by atoms with van der Waals surface area (Å²) in [6.45, 7) is 2.79. The summed E-state index contributed by atoms with van der Waals surface area (Å²) in [6, 6.07) is 16.1. The van der Waals surface area contributed by atoms with Gasteiger partial charge in [-0.25, -0.2) is 13.4 Å². The van der Waals surface area contributed by atoms with Gasteiger partial charge in [0.05, 0.1) is 16.8 Å². The lowest BCUT2D eigenvalue weighted by atomic mass is 10.1. The van der Waals surface area contributed by atoms with Crippen LogP contribution in [-0.2, 0) is 16.6 Å². The Hall–Kier alpha value is -3.26. The summed E-state index contributed by atoms with van der Waals surface area (Å²) in [6.07, 6.45) is 1.59. The highest BCUT2D eigenvalue weighted by atomic mass is 32.2. The summed E-state index contributed by atoms with van der Waals surface area (Å²) in [7, 11) is -3.78. The molecule has 0 bridgehead atoms. The van der Waals surface area contributed by atoms with Crippen molar-refractivity contribution in [3.63, 3.8) is 0 Å². The van der Waals surface area contributed by atoms with Crippen molar-refractivity contribution >= 4 is 21.5 Å². The first kappa shape index (κ1) is 18.1. The first-order valence-electron chi connectivity index (χ1n) is 8.67. The van der Waals surface area contributed by atoms with Crippen LogP contribution in [0.15, 0.2) is 65.7 Å². The standard InChI is InChI=1S/C20H19N3O4S/c1-14-2-4-15(5-3-14)11-21-16-6-9-20(22-12-16)23-28(24,25)17-7-8-18-19(10-17)27-13-26-18/h2-10,12,21H,11,13H2,1H3,(H,22,23). The van der Waals surface area contributed by atoms with Gasteiger partial charge in [-0.3, -0.25) is 4.72 Å². The van der Waals surface area contributed by atoms with Crippen LogP contribution in [-0.4, -0.2) is 20.2 Å². The quantitative estimate of drug-likeness (QED) is 0.661. The van der Waals surface area contributed by atoms with E-state index in [0.717, 1.165) is 11.3 Å². The molecule has 1 aliphatic heterocycles. The molecule has 0 unspecified atom stereocenters. The minimum Gasteiger partial charge on any atom is -0.454 e. The van der Waals surface area contributed by atoms with E-state index in [1.54, 1.807) is 24.4 Å². The largest absolute Gasteiger partial charge is 0.454 e. The van der Waals surface area contributed by atoms with Crippen LogP contribution in [0, 0.1) is 6.92 Å². The van der Waals surface area contributed by atoms with Gasteiger partial charge in [-0.15, -0.1) is 0 Å². The number of pyridine rings is 1. The van der Waals surface area contributed by atoms with Gasteiger partial charge >= 0.3 is 0 Å². The zero-order valence-corrected chi connectivity index (χ0v) is 16.0. The molecule has 2 N–H and O–H groups in total. The molecule has 2 heterocycles. The number of nitrogens with one attached hydrogen (secondary N) is 2. The maximum atomic E-state index is 12.6. The number of sulfonamides is 1. The maximum absolute atomic E-state index is 12.6. The highest BCUT2D eigenvalue weighted by Gasteiger charge is 2.20. The van der Waals surface area contributed by atoms with E-state index in [-0.39, 0.29) is 17.5 Å². The highest BCUT2D eigenvalue weighted by Crippen LogP contribution is 2.34. The van der Waals surface area contributed by atoms with Crippen LogP contribution >= 0.6 is 0 Å². The first-order valence-corrected chi connectivity index (χ1v) is 10.2. The summed E-state index contributed by atoms with van der Waals surface area (Å²) in [5, 5.41) is 3.26. The number of fused-ring (bicyclic) bond motifs is 1. The molecule has 4 rings (SSSR count). The van der Waals surface area contributed by atoms with E-state index < -0.39 is 10.0 Å². The Kier molecular flexibility index (Phi) is 4.79. The minimum absolute atomic E-state index is 0.0834. The van der Waals surface area contributed by atoms with Crippen molar-refractivity contribution in [1.29, 1.82) is 0 Å². The number of hydrogen-bond donors (Lipinski definition) is 2. The van der Waals surface area contributed by atoms with Gasteiger partial charge in [0.1, 0.15) is 5.82 Å². The molecule has 0 aliphatic carbocycles. The van der Waals surface area contributed by atoms with Gasteiger partial charge in [0.25, 0.3) is 10.0 Å². The molecule has 2 aromatic carbocycles. The van der Waals surface area contributed by atoms with Gasteiger partial charge in [0.2, 0.25) is 6.79 Å². The third-order valence-electron chi connectivity index (χ3n) is 4.27. The van der Waals surface area contributed by atoms with Gasteiger partial charge in [-0.2, -0.15) is 0 Å². The topological polar surface area (TPSA) is 89.5 Å². The van der Waals surface area contributed by atoms with Crippen molar-refractivity contribution in [1.82, 2.24) is 4.98 Å². The van der Waals surface area contributed by atoms with Crippen molar-refractivity contribution < 1.29 is 17.9 Å². The molecule has 3 aromatic rings. The summed E-state index contributed by atoms with van der Waals surface area (Å²) in [5.74, 6) is 1.17. The van der Waals surface area contributed by atoms with Crippen LogP contribution in [0.3, 0.4) is 0 Å². The summed E-state index contributed by atoms with van der Waals surface area (Å²) >= 11 is 0. The highest BCUT2D eigenvalue weighted by molar-refractivity contribution is 7.92. The monoisotopic (exact) mass is 397 g/mol. The lowest BCUT2D eigenvalue weighted by Crippen LogP contribution is -2.14. The average Bonchev–Trinajstić information content (AvgIpc) is 3.16. The third-order valence-corrected chi connectivity index (χ3v) is 5.63. The molecule has 144 valence electrons. The van der Waals surface area contributed by atoms with E-state index in [2.05, 4.69) is 39.3 Å². The van der Waals surface area contributed by atoms with Crippen LogP contribution in [0.4, 0.5) is 11.5 Å². The van der Waals surface area contributed by atoms with Gasteiger partial charge in [0.15, 0.2) is 11.5 Å². The second-order valence-electron chi connectivity index (χ2n) is 6.39. The molecule has 1 aromatic heterocycles. The Morgan fingerprint density at radius 1 is 1.00 bits per heavy atom. The van der Waals surface area contributed by atoms with Crippen molar-refractivity contribution in [3.05, 3.63) is 71.9 Å². The Morgan fingerprint density at radius 3 is 2.54 bits per heavy atom. The van der Waals surface area contributed by atoms with E-state index in [1.165, 1.54) is 17.7 Å². The molecular weight excluding hydrogens is 378 g/mol. The maximum Gasteiger partial charge on any atom is 0.263 e. The summed E-state index contributed by atoms with van der Waals surface area (Å²) in [5.41, 5.74) is 3.16. The van der Waals surface area contributed by atoms with E-state index in [1.807, 2.05) is 6.92 Å². The fraction of sp³-hybridized carbons (Fsp3) is 0.150. The zero-order chi connectivity index (χ0) is 19.6.